The molecular weight excluding hydrogens is 450 g/mol. The molecule has 30 heavy (non-hydrogen) atoms. The van der Waals surface area contributed by atoms with Crippen molar-refractivity contribution in [2.24, 2.45) is 5.41 Å². The zero-order valence-corrected chi connectivity index (χ0v) is 18.2. The van der Waals surface area contributed by atoms with Gasteiger partial charge in [0.2, 0.25) is 5.76 Å². The molecule has 8 heteroatoms. The van der Waals surface area contributed by atoms with Crippen LogP contribution in [0.4, 0.5) is 0 Å². The van der Waals surface area contributed by atoms with E-state index in [0.29, 0.717) is 32.4 Å². The fraction of sp³-hybridized carbons (Fsp3) is 0.409. The van der Waals surface area contributed by atoms with Crippen LogP contribution in [0.3, 0.4) is 0 Å². The van der Waals surface area contributed by atoms with Crippen molar-refractivity contribution in [1.82, 2.24) is 15.0 Å². The topological polar surface area (TPSA) is 88.4 Å². The Kier molecular flexibility index (Phi) is 4.69. The summed E-state index contributed by atoms with van der Waals surface area (Å²) in [4.78, 5) is 31.8. The first-order valence-electron chi connectivity index (χ1n) is 10.2. The number of halogens is 1. The molecule has 3 aromatic rings. The van der Waals surface area contributed by atoms with Crippen molar-refractivity contribution in [3.63, 3.8) is 0 Å². The number of fused-ring (bicyclic) bond motifs is 3. The third kappa shape index (κ3) is 2.80. The number of amides is 1. The highest BCUT2D eigenvalue weighted by Gasteiger charge is 2.57. The van der Waals surface area contributed by atoms with Crippen LogP contribution in [0.25, 0.3) is 10.9 Å². The molecule has 0 spiro atoms. The summed E-state index contributed by atoms with van der Waals surface area (Å²) in [5, 5.41) is 4.81. The Balaban J connectivity index is 1.68. The van der Waals surface area contributed by atoms with Gasteiger partial charge in [-0.05, 0) is 49.9 Å². The molecule has 1 aliphatic heterocycles. The Morgan fingerprint density at radius 3 is 2.87 bits per heavy atom. The Morgan fingerprint density at radius 2 is 2.20 bits per heavy atom. The van der Waals surface area contributed by atoms with Crippen LogP contribution in [-0.4, -0.2) is 40.1 Å². The Labute approximate surface area is 181 Å². The first-order chi connectivity index (χ1) is 14.5. The first-order valence-corrected chi connectivity index (χ1v) is 11.0. The van der Waals surface area contributed by atoms with Gasteiger partial charge < -0.3 is 19.1 Å². The lowest BCUT2D eigenvalue weighted by Crippen LogP contribution is -2.54. The summed E-state index contributed by atoms with van der Waals surface area (Å²) in [6.07, 6.45) is 4.47. The summed E-state index contributed by atoms with van der Waals surface area (Å²) in [6, 6.07) is 7.23. The van der Waals surface area contributed by atoms with Crippen molar-refractivity contribution in [3.8, 4) is 0 Å². The quantitative estimate of drug-likeness (QED) is 0.569. The monoisotopic (exact) mass is 471 g/mol. The summed E-state index contributed by atoms with van der Waals surface area (Å²) >= 11 is 3.56. The van der Waals surface area contributed by atoms with Crippen LogP contribution in [0.2, 0.25) is 0 Å². The van der Waals surface area contributed by atoms with Crippen LogP contribution in [0.1, 0.15) is 54.0 Å². The largest absolute Gasteiger partial charge is 0.465 e. The van der Waals surface area contributed by atoms with Gasteiger partial charge >= 0.3 is 5.97 Å². The van der Waals surface area contributed by atoms with Crippen molar-refractivity contribution in [2.75, 3.05) is 13.2 Å². The highest BCUT2D eigenvalue weighted by molar-refractivity contribution is 9.10. The fourth-order valence-corrected chi connectivity index (χ4v) is 5.30. The van der Waals surface area contributed by atoms with Crippen molar-refractivity contribution >= 4 is 38.7 Å². The van der Waals surface area contributed by atoms with Gasteiger partial charge in [-0.25, -0.2) is 0 Å². The minimum atomic E-state index is -0.751. The number of carbonyl (C=O) groups excluding carboxylic acids is 2. The van der Waals surface area contributed by atoms with Gasteiger partial charge in [-0.15, -0.1) is 0 Å². The van der Waals surface area contributed by atoms with Crippen LogP contribution in [0, 0.1) is 5.41 Å². The van der Waals surface area contributed by atoms with E-state index in [0.717, 1.165) is 33.1 Å². The zero-order chi connectivity index (χ0) is 20.9. The van der Waals surface area contributed by atoms with E-state index >= 15 is 0 Å². The Hall–Kier alpha value is -2.61. The second kappa shape index (κ2) is 7.27. The predicted octanol–water partition coefficient (Wildman–Crippen LogP) is 4.39. The smallest absolute Gasteiger partial charge is 0.314 e. The highest BCUT2D eigenvalue weighted by atomic mass is 79.9. The van der Waals surface area contributed by atoms with Gasteiger partial charge in [-0.3, -0.25) is 9.59 Å². The maximum Gasteiger partial charge on any atom is 0.314 e. The van der Waals surface area contributed by atoms with Crippen molar-refractivity contribution in [3.05, 3.63) is 52.0 Å². The molecule has 1 fully saturated rings. The summed E-state index contributed by atoms with van der Waals surface area (Å²) in [7, 11) is 0. The lowest BCUT2D eigenvalue weighted by atomic mass is 9.61. The zero-order valence-electron chi connectivity index (χ0n) is 16.6. The summed E-state index contributed by atoms with van der Waals surface area (Å²) < 4.78 is 11.7. The second-order valence-corrected chi connectivity index (χ2v) is 8.88. The van der Waals surface area contributed by atoms with Gasteiger partial charge in [0.1, 0.15) is 0 Å². The number of hydrogen-bond donors (Lipinski definition) is 1. The molecule has 2 aromatic heterocycles. The van der Waals surface area contributed by atoms with Gasteiger partial charge in [0, 0.05) is 33.7 Å². The molecule has 1 saturated carbocycles. The van der Waals surface area contributed by atoms with E-state index in [9.17, 15) is 9.59 Å². The number of nitrogens with one attached hydrogen (secondary N) is 1. The van der Waals surface area contributed by atoms with Crippen LogP contribution in [0.15, 0.2) is 39.5 Å². The number of nitrogens with zero attached hydrogens (tertiary/aromatic N) is 2. The predicted molar refractivity (Wildman–Crippen MR) is 113 cm³/mol. The van der Waals surface area contributed by atoms with E-state index in [2.05, 4.69) is 32.1 Å². The van der Waals surface area contributed by atoms with Gasteiger partial charge in [-0.1, -0.05) is 27.5 Å². The SMILES string of the molecule is CCOC(=O)C1(C2c3[nH]c4ccc(Br)cc4c3CCN2C(=O)c2ccno2)CCC1. The second-order valence-electron chi connectivity index (χ2n) is 7.97. The highest BCUT2D eigenvalue weighted by Crippen LogP contribution is 2.56. The third-order valence-corrected chi connectivity index (χ3v) is 6.94. The van der Waals surface area contributed by atoms with Gasteiger partial charge in [0.25, 0.3) is 5.91 Å². The standard InChI is InChI=1S/C22H22BrN3O4/c1-2-29-21(28)22(8-3-9-22)19-18-14(15-12-13(23)4-5-16(15)25-18)7-11-26(19)20(27)17-6-10-24-30-17/h4-6,10,12,19,25H,2-3,7-9,11H2,1H3. The number of hydrogen-bond acceptors (Lipinski definition) is 5. The molecule has 1 atom stereocenters. The minimum absolute atomic E-state index is 0.181. The molecule has 0 saturated heterocycles. The summed E-state index contributed by atoms with van der Waals surface area (Å²) in [6.45, 7) is 2.63. The Bertz CT molecular complexity index is 1120. The fourth-order valence-electron chi connectivity index (χ4n) is 4.94. The van der Waals surface area contributed by atoms with E-state index in [1.54, 1.807) is 11.0 Å². The van der Waals surface area contributed by atoms with Gasteiger partial charge in [0.05, 0.1) is 24.3 Å². The number of benzene rings is 1. The van der Waals surface area contributed by atoms with Crippen LogP contribution < -0.4 is 0 Å². The van der Waals surface area contributed by atoms with E-state index in [1.165, 1.54) is 6.20 Å². The number of esters is 1. The summed E-state index contributed by atoms with van der Waals surface area (Å²) in [5.74, 6) is -0.302. The minimum Gasteiger partial charge on any atom is -0.465 e. The van der Waals surface area contributed by atoms with E-state index in [-0.39, 0.29) is 17.6 Å². The van der Waals surface area contributed by atoms with Crippen molar-refractivity contribution < 1.29 is 18.8 Å². The van der Waals surface area contributed by atoms with Crippen LogP contribution >= 0.6 is 15.9 Å². The molecule has 5 rings (SSSR count). The summed E-state index contributed by atoms with van der Waals surface area (Å²) in [5.41, 5.74) is 2.34. The maximum absolute atomic E-state index is 13.3. The molecule has 1 N–H and O–H groups in total. The van der Waals surface area contributed by atoms with Crippen LogP contribution in [0.5, 0.6) is 0 Å². The molecule has 3 heterocycles. The lowest BCUT2D eigenvalue weighted by molar-refractivity contribution is -0.168. The van der Waals surface area contributed by atoms with Crippen molar-refractivity contribution in [1.29, 1.82) is 0 Å². The number of aromatic nitrogens is 2. The van der Waals surface area contributed by atoms with Crippen LogP contribution in [-0.2, 0) is 16.0 Å². The average Bonchev–Trinajstić information content (AvgIpc) is 3.35. The van der Waals surface area contributed by atoms with E-state index < -0.39 is 11.5 Å². The number of carbonyl (C=O) groups is 2. The van der Waals surface area contributed by atoms with Gasteiger partial charge in [0.15, 0.2) is 0 Å². The number of ether oxygens (including phenoxy) is 1. The van der Waals surface area contributed by atoms with E-state index in [1.807, 2.05) is 19.1 Å². The molecule has 0 bridgehead atoms. The normalized spacial score (nSPS) is 19.9. The Morgan fingerprint density at radius 1 is 1.37 bits per heavy atom. The molecule has 2 aliphatic rings. The molecule has 1 aliphatic carbocycles. The third-order valence-electron chi connectivity index (χ3n) is 6.45. The molecule has 1 amide bonds. The molecular formula is C22H22BrN3O4. The van der Waals surface area contributed by atoms with Crippen molar-refractivity contribution in [2.45, 2.75) is 38.6 Å². The molecule has 1 unspecified atom stereocenters. The number of aromatic amines is 1. The first kappa shape index (κ1) is 19.4. The average molecular weight is 472 g/mol. The van der Waals surface area contributed by atoms with E-state index in [4.69, 9.17) is 9.26 Å². The molecule has 7 nitrogen and oxygen atoms in total. The maximum atomic E-state index is 13.3. The van der Waals surface area contributed by atoms with Gasteiger partial charge in [-0.2, -0.15) is 0 Å². The molecule has 156 valence electrons. The number of H-pyrrole nitrogens is 1. The lowest BCUT2D eigenvalue weighted by Gasteiger charge is -2.50. The number of rotatable bonds is 4. The molecule has 1 aromatic carbocycles. The molecule has 0 radical (unpaired) electrons.